The smallest absolute Gasteiger partial charge is 0.290 e. The number of aromatic nitrogens is 2. The maximum atomic E-state index is 13.3. The summed E-state index contributed by atoms with van der Waals surface area (Å²) in [5.74, 6) is 0.760. The van der Waals surface area contributed by atoms with E-state index in [2.05, 4.69) is 9.88 Å². The first kappa shape index (κ1) is 22.5. The number of fused-ring (bicyclic) bond motifs is 3. The quantitative estimate of drug-likeness (QED) is 0.596. The number of aromatic amines is 1. The number of hydrogen-bond acceptors (Lipinski definition) is 7. The third kappa shape index (κ3) is 4.18. The number of rotatable bonds is 4. The molecule has 1 N–H and O–H groups in total. The van der Waals surface area contributed by atoms with Crippen molar-refractivity contribution in [2.75, 3.05) is 32.7 Å². The molecule has 0 radical (unpaired) electrons. The van der Waals surface area contributed by atoms with Crippen LogP contribution in [0.3, 0.4) is 0 Å². The Morgan fingerprint density at radius 2 is 1.94 bits per heavy atom. The number of amides is 2. The van der Waals surface area contributed by atoms with Crippen molar-refractivity contribution in [1.29, 1.82) is 0 Å². The number of carbonyl (C=O) groups is 2. The van der Waals surface area contributed by atoms with Crippen LogP contribution in [0.15, 0.2) is 27.6 Å². The van der Waals surface area contributed by atoms with Gasteiger partial charge in [-0.3, -0.25) is 19.3 Å². The summed E-state index contributed by atoms with van der Waals surface area (Å²) in [5.41, 5.74) is 1.18. The highest BCUT2D eigenvalue weighted by molar-refractivity contribution is 7.18. The van der Waals surface area contributed by atoms with Gasteiger partial charge >= 0.3 is 0 Å². The fourth-order valence-electron chi connectivity index (χ4n) is 5.64. The van der Waals surface area contributed by atoms with E-state index in [0.29, 0.717) is 51.5 Å². The minimum atomic E-state index is -0.426. The van der Waals surface area contributed by atoms with Crippen LogP contribution in [0.25, 0.3) is 10.2 Å². The first-order chi connectivity index (χ1) is 17.1. The number of hydrogen-bond donors (Lipinski definition) is 1. The van der Waals surface area contributed by atoms with Crippen LogP contribution >= 0.6 is 11.3 Å². The van der Waals surface area contributed by atoms with Crippen molar-refractivity contribution in [3.63, 3.8) is 0 Å². The van der Waals surface area contributed by atoms with Crippen LogP contribution in [0.5, 0.6) is 0 Å². The van der Waals surface area contributed by atoms with Crippen LogP contribution in [0, 0.1) is 0 Å². The summed E-state index contributed by atoms with van der Waals surface area (Å²) in [6, 6.07) is 2.90. The normalized spacial score (nSPS) is 21.0. The summed E-state index contributed by atoms with van der Waals surface area (Å²) in [7, 11) is 0. The van der Waals surface area contributed by atoms with Crippen LogP contribution < -0.4 is 5.56 Å². The first-order valence-electron chi connectivity index (χ1n) is 12.5. The third-order valence-corrected chi connectivity index (χ3v) is 8.65. The molecule has 2 fully saturated rings. The largest absolute Gasteiger partial charge is 0.459 e. The minimum Gasteiger partial charge on any atom is -0.459 e. The van der Waals surface area contributed by atoms with Crippen LogP contribution in [-0.2, 0) is 24.2 Å². The van der Waals surface area contributed by atoms with Gasteiger partial charge in [-0.1, -0.05) is 0 Å². The average molecular weight is 496 g/mol. The molecule has 2 amide bonds. The van der Waals surface area contributed by atoms with E-state index < -0.39 is 6.04 Å². The molecule has 5 heterocycles. The lowest BCUT2D eigenvalue weighted by Crippen LogP contribution is -2.54. The van der Waals surface area contributed by atoms with Crippen molar-refractivity contribution < 1.29 is 14.0 Å². The highest BCUT2D eigenvalue weighted by Crippen LogP contribution is 2.33. The van der Waals surface area contributed by atoms with Gasteiger partial charge in [-0.2, -0.15) is 0 Å². The number of thiophene rings is 1. The highest BCUT2D eigenvalue weighted by Gasteiger charge is 2.38. The molecular formula is C25H29N5O4S. The lowest BCUT2D eigenvalue weighted by atomic mass is 9.97. The maximum Gasteiger partial charge on any atom is 0.290 e. The van der Waals surface area contributed by atoms with Crippen molar-refractivity contribution in [3.8, 4) is 0 Å². The summed E-state index contributed by atoms with van der Waals surface area (Å²) in [6.45, 7) is 3.72. The monoisotopic (exact) mass is 495 g/mol. The van der Waals surface area contributed by atoms with Crippen molar-refractivity contribution in [1.82, 2.24) is 24.7 Å². The van der Waals surface area contributed by atoms with E-state index in [1.165, 1.54) is 23.1 Å². The van der Waals surface area contributed by atoms with E-state index >= 15 is 0 Å². The van der Waals surface area contributed by atoms with Gasteiger partial charge < -0.3 is 19.2 Å². The number of piperazine rings is 1. The summed E-state index contributed by atoms with van der Waals surface area (Å²) < 4.78 is 5.26. The Morgan fingerprint density at radius 1 is 1.11 bits per heavy atom. The molecule has 9 nitrogen and oxygen atoms in total. The van der Waals surface area contributed by atoms with E-state index in [0.717, 1.165) is 35.9 Å². The Hall–Kier alpha value is -2.98. The van der Waals surface area contributed by atoms with Gasteiger partial charge in [-0.25, -0.2) is 4.98 Å². The van der Waals surface area contributed by atoms with Gasteiger partial charge in [0.1, 0.15) is 16.7 Å². The summed E-state index contributed by atoms with van der Waals surface area (Å²) >= 11 is 1.67. The molecule has 2 saturated heterocycles. The number of carbonyl (C=O) groups excluding carboxylic acids is 2. The topological polar surface area (TPSA) is 103 Å². The second kappa shape index (κ2) is 9.23. The molecule has 0 spiro atoms. The van der Waals surface area contributed by atoms with Gasteiger partial charge in [0.15, 0.2) is 5.76 Å². The fraction of sp³-hybridized carbons (Fsp3) is 0.520. The predicted octanol–water partition coefficient (Wildman–Crippen LogP) is 2.41. The highest BCUT2D eigenvalue weighted by atomic mass is 32.1. The van der Waals surface area contributed by atoms with Crippen molar-refractivity contribution >= 4 is 33.4 Å². The molecule has 0 bridgehead atoms. The molecule has 35 heavy (non-hydrogen) atoms. The minimum absolute atomic E-state index is 0.0131. The summed E-state index contributed by atoms with van der Waals surface area (Å²) in [6.07, 6.45) is 7.32. The predicted molar refractivity (Wildman–Crippen MR) is 132 cm³/mol. The van der Waals surface area contributed by atoms with Crippen molar-refractivity contribution in [2.24, 2.45) is 0 Å². The second-order valence-corrected chi connectivity index (χ2v) is 10.7. The van der Waals surface area contributed by atoms with Gasteiger partial charge in [-0.05, 0) is 56.2 Å². The van der Waals surface area contributed by atoms with E-state index in [-0.39, 0.29) is 23.1 Å². The number of furan rings is 1. The van der Waals surface area contributed by atoms with E-state index in [4.69, 9.17) is 9.40 Å². The molecule has 0 aromatic carbocycles. The first-order valence-corrected chi connectivity index (χ1v) is 13.3. The Bertz CT molecular complexity index is 1310. The average Bonchev–Trinajstić information content (AvgIpc) is 3.63. The number of nitrogens with one attached hydrogen (secondary N) is 1. The second-order valence-electron chi connectivity index (χ2n) is 9.64. The van der Waals surface area contributed by atoms with Crippen LogP contribution in [0.2, 0.25) is 0 Å². The summed E-state index contributed by atoms with van der Waals surface area (Å²) in [4.78, 5) is 54.6. The molecule has 2 aliphatic heterocycles. The molecule has 184 valence electrons. The van der Waals surface area contributed by atoms with Crippen LogP contribution in [0.1, 0.15) is 52.5 Å². The van der Waals surface area contributed by atoms with Crippen LogP contribution in [0.4, 0.5) is 0 Å². The molecule has 1 atom stereocenters. The Morgan fingerprint density at radius 3 is 2.74 bits per heavy atom. The molecule has 1 aliphatic carbocycles. The Labute approximate surface area is 206 Å². The summed E-state index contributed by atoms with van der Waals surface area (Å²) in [5, 5.41) is 0.786. The van der Waals surface area contributed by atoms with Crippen LogP contribution in [-0.4, -0.2) is 75.2 Å². The SMILES string of the molecule is O=C([C@@H]1CCCN1C(=O)c1ccco1)N1CCN(Cc2nc3sc4c(c3c(=O)[nH]2)CCCC4)CC1. The zero-order chi connectivity index (χ0) is 23.9. The van der Waals surface area contributed by atoms with Gasteiger partial charge in [0, 0.05) is 37.6 Å². The van der Waals surface area contributed by atoms with Gasteiger partial charge in [0.25, 0.3) is 11.5 Å². The molecule has 0 unspecified atom stereocenters. The van der Waals surface area contributed by atoms with E-state index in [9.17, 15) is 14.4 Å². The standard InChI is InChI=1S/C25H29N5O4S/c31-22-21-16-5-1-2-8-19(16)35-23(21)27-20(26-22)15-28-10-12-29(13-11-28)24(32)17-6-3-9-30(17)25(33)18-7-4-14-34-18/h4,7,14,17H,1-3,5-6,8-13,15H2,(H,26,27,31)/t17-/m0/s1. The zero-order valence-corrected chi connectivity index (χ0v) is 20.4. The molecular weight excluding hydrogens is 466 g/mol. The number of aryl methyl sites for hydroxylation is 2. The Kier molecular flexibility index (Phi) is 5.93. The lowest BCUT2D eigenvalue weighted by molar-refractivity contribution is -0.137. The van der Waals surface area contributed by atoms with E-state index in [1.807, 2.05) is 4.90 Å². The molecule has 6 rings (SSSR count). The molecule has 0 saturated carbocycles. The van der Waals surface area contributed by atoms with Gasteiger partial charge in [-0.15, -0.1) is 11.3 Å². The number of nitrogens with zero attached hydrogens (tertiary/aromatic N) is 4. The molecule has 10 heteroatoms. The van der Waals surface area contributed by atoms with Gasteiger partial charge in [0.2, 0.25) is 5.91 Å². The van der Waals surface area contributed by atoms with Crippen molar-refractivity contribution in [2.45, 2.75) is 51.1 Å². The number of likely N-dealkylation sites (tertiary alicyclic amines) is 1. The molecule has 3 aliphatic rings. The molecule has 3 aromatic rings. The zero-order valence-electron chi connectivity index (χ0n) is 19.6. The molecule has 3 aromatic heterocycles. The fourth-order valence-corrected chi connectivity index (χ4v) is 6.92. The van der Waals surface area contributed by atoms with Crippen molar-refractivity contribution in [3.05, 3.63) is 50.8 Å². The van der Waals surface area contributed by atoms with E-state index in [1.54, 1.807) is 28.4 Å². The lowest BCUT2D eigenvalue weighted by Gasteiger charge is -2.37. The van der Waals surface area contributed by atoms with Gasteiger partial charge in [0.05, 0.1) is 18.2 Å². The Balaban J connectivity index is 1.09. The number of H-pyrrole nitrogens is 1. The maximum absolute atomic E-state index is 13.3. The third-order valence-electron chi connectivity index (χ3n) is 7.46.